The standard InChI is InChI=1S/C21H22N6O2S3/c28-32(29,15-19-25-27-21(31-19)23-14-17-9-5-2-6-10-17)12-11-18-24-26-20(30-18)22-13-16-7-3-1-4-8-16/h1-10H,11-15H2,(H,22,26)(H,23,27). The Kier molecular flexibility index (Phi) is 7.40. The van der Waals surface area contributed by atoms with Crippen LogP contribution in [0.2, 0.25) is 0 Å². The molecule has 0 bridgehead atoms. The van der Waals surface area contributed by atoms with Crippen molar-refractivity contribution in [2.45, 2.75) is 25.3 Å². The minimum Gasteiger partial charge on any atom is -0.356 e. The monoisotopic (exact) mass is 486 g/mol. The van der Waals surface area contributed by atoms with Gasteiger partial charge in [-0.25, -0.2) is 8.42 Å². The number of sulfone groups is 1. The maximum atomic E-state index is 12.5. The van der Waals surface area contributed by atoms with Crippen LogP contribution < -0.4 is 10.6 Å². The van der Waals surface area contributed by atoms with Crippen molar-refractivity contribution in [1.82, 2.24) is 20.4 Å². The van der Waals surface area contributed by atoms with E-state index in [1.807, 2.05) is 60.7 Å². The highest BCUT2D eigenvalue weighted by atomic mass is 32.2. The molecule has 0 aliphatic carbocycles. The van der Waals surface area contributed by atoms with Gasteiger partial charge in [-0.05, 0) is 11.1 Å². The fourth-order valence-electron chi connectivity index (χ4n) is 2.86. The van der Waals surface area contributed by atoms with Crippen molar-refractivity contribution in [3.8, 4) is 0 Å². The zero-order valence-electron chi connectivity index (χ0n) is 17.1. The van der Waals surface area contributed by atoms with Crippen LogP contribution in [0.5, 0.6) is 0 Å². The summed E-state index contributed by atoms with van der Waals surface area (Å²) in [5.74, 6) is -0.137. The van der Waals surface area contributed by atoms with Crippen molar-refractivity contribution in [3.63, 3.8) is 0 Å². The number of rotatable bonds is 11. The van der Waals surface area contributed by atoms with E-state index in [-0.39, 0.29) is 11.5 Å². The second kappa shape index (κ2) is 10.6. The highest BCUT2D eigenvalue weighted by Gasteiger charge is 2.17. The number of hydrogen-bond acceptors (Lipinski definition) is 10. The topological polar surface area (TPSA) is 110 Å². The van der Waals surface area contributed by atoms with Crippen molar-refractivity contribution in [1.29, 1.82) is 0 Å². The lowest BCUT2D eigenvalue weighted by molar-refractivity contribution is 0.594. The highest BCUT2D eigenvalue weighted by Crippen LogP contribution is 2.21. The third kappa shape index (κ3) is 6.81. The van der Waals surface area contributed by atoms with Crippen molar-refractivity contribution >= 4 is 42.8 Å². The minimum atomic E-state index is -3.33. The molecule has 0 spiro atoms. The third-order valence-corrected chi connectivity index (χ3v) is 8.02. The fourth-order valence-corrected chi connectivity index (χ4v) is 6.11. The summed E-state index contributed by atoms with van der Waals surface area (Å²) in [4.78, 5) is 0. The van der Waals surface area contributed by atoms with Gasteiger partial charge in [-0.1, -0.05) is 83.3 Å². The van der Waals surface area contributed by atoms with E-state index >= 15 is 0 Å². The first-order chi connectivity index (χ1) is 15.6. The third-order valence-electron chi connectivity index (χ3n) is 4.48. The summed E-state index contributed by atoms with van der Waals surface area (Å²) in [6.45, 7) is 1.26. The molecule has 32 heavy (non-hydrogen) atoms. The van der Waals surface area contributed by atoms with Crippen LogP contribution in [0.1, 0.15) is 21.1 Å². The van der Waals surface area contributed by atoms with Crippen LogP contribution in [0.4, 0.5) is 10.3 Å². The molecule has 2 aromatic heterocycles. The number of nitrogens with zero attached hydrogens (tertiary/aromatic N) is 4. The minimum absolute atomic E-state index is 0.00727. The molecule has 4 aromatic rings. The summed E-state index contributed by atoms with van der Waals surface area (Å²) in [5, 5.41) is 25.1. The Balaban J connectivity index is 1.24. The number of nitrogens with one attached hydrogen (secondary N) is 2. The maximum absolute atomic E-state index is 12.5. The van der Waals surface area contributed by atoms with Crippen LogP contribution in [0.25, 0.3) is 0 Å². The Hall–Kier alpha value is -2.89. The molecule has 0 aliphatic rings. The van der Waals surface area contributed by atoms with Gasteiger partial charge < -0.3 is 10.6 Å². The van der Waals surface area contributed by atoms with Gasteiger partial charge in [0, 0.05) is 19.5 Å². The highest BCUT2D eigenvalue weighted by molar-refractivity contribution is 7.90. The van der Waals surface area contributed by atoms with Crippen molar-refractivity contribution in [2.24, 2.45) is 0 Å². The van der Waals surface area contributed by atoms with Gasteiger partial charge in [0.2, 0.25) is 10.3 Å². The van der Waals surface area contributed by atoms with Gasteiger partial charge in [0.15, 0.2) is 9.84 Å². The van der Waals surface area contributed by atoms with Crippen molar-refractivity contribution in [2.75, 3.05) is 16.4 Å². The Morgan fingerprint density at radius 2 is 1.19 bits per heavy atom. The SMILES string of the molecule is O=S(=O)(CCc1nnc(NCc2ccccc2)s1)Cc1nnc(NCc2ccccc2)s1. The second-order valence-electron chi connectivity index (χ2n) is 7.02. The van der Waals surface area contributed by atoms with Crippen molar-refractivity contribution in [3.05, 3.63) is 81.8 Å². The van der Waals surface area contributed by atoms with Crippen LogP contribution in [0.15, 0.2) is 60.7 Å². The van der Waals surface area contributed by atoms with Gasteiger partial charge in [0.1, 0.15) is 15.8 Å². The number of aryl methyl sites for hydroxylation is 1. The predicted molar refractivity (Wildman–Crippen MR) is 129 cm³/mol. The zero-order chi connectivity index (χ0) is 22.2. The van der Waals surface area contributed by atoms with E-state index in [9.17, 15) is 8.42 Å². The van der Waals surface area contributed by atoms with Gasteiger partial charge in [0.05, 0.1) is 5.75 Å². The van der Waals surface area contributed by atoms with E-state index in [2.05, 4.69) is 31.0 Å². The van der Waals surface area contributed by atoms with E-state index in [1.165, 1.54) is 22.7 Å². The lowest BCUT2D eigenvalue weighted by Gasteiger charge is -2.01. The Morgan fingerprint density at radius 1 is 0.688 bits per heavy atom. The van der Waals surface area contributed by atoms with Crippen LogP contribution >= 0.6 is 22.7 Å². The van der Waals surface area contributed by atoms with Crippen LogP contribution in [-0.4, -0.2) is 34.6 Å². The van der Waals surface area contributed by atoms with Gasteiger partial charge in [-0.2, -0.15) is 0 Å². The molecule has 166 valence electrons. The summed E-state index contributed by atoms with van der Waals surface area (Å²) in [6, 6.07) is 19.9. The molecule has 0 aliphatic heterocycles. The van der Waals surface area contributed by atoms with Crippen LogP contribution in [0.3, 0.4) is 0 Å². The normalized spacial score (nSPS) is 11.4. The van der Waals surface area contributed by atoms with E-state index in [1.54, 1.807) is 0 Å². The first-order valence-corrected chi connectivity index (χ1v) is 13.4. The molecule has 2 N–H and O–H groups in total. The van der Waals surface area contributed by atoms with Gasteiger partial charge in [-0.15, -0.1) is 20.4 Å². The second-order valence-corrected chi connectivity index (χ2v) is 11.3. The molecule has 0 amide bonds. The molecule has 0 radical (unpaired) electrons. The fraction of sp³-hybridized carbons (Fsp3) is 0.238. The Labute approximate surface area is 194 Å². The summed E-state index contributed by atoms with van der Waals surface area (Å²) in [6.07, 6.45) is 0.324. The van der Waals surface area contributed by atoms with Gasteiger partial charge >= 0.3 is 0 Å². The smallest absolute Gasteiger partial charge is 0.205 e. The molecule has 11 heteroatoms. The molecular formula is C21H22N6O2S3. The van der Waals surface area contributed by atoms with Crippen molar-refractivity contribution < 1.29 is 8.42 Å². The molecule has 0 unspecified atom stereocenters. The molecule has 2 aromatic carbocycles. The summed E-state index contributed by atoms with van der Waals surface area (Å²) in [7, 11) is -3.33. The molecule has 0 saturated heterocycles. The summed E-state index contributed by atoms with van der Waals surface area (Å²) in [5.41, 5.74) is 2.26. The van der Waals surface area contributed by atoms with Crippen LogP contribution in [-0.2, 0) is 35.1 Å². The average Bonchev–Trinajstić information content (AvgIpc) is 3.45. The molecule has 4 rings (SSSR count). The van der Waals surface area contributed by atoms with E-state index in [0.29, 0.717) is 39.8 Å². The van der Waals surface area contributed by atoms with Gasteiger partial charge in [-0.3, -0.25) is 0 Å². The molecule has 0 saturated carbocycles. The maximum Gasteiger partial charge on any atom is 0.205 e. The molecule has 8 nitrogen and oxygen atoms in total. The van der Waals surface area contributed by atoms with Gasteiger partial charge in [0.25, 0.3) is 0 Å². The average molecular weight is 487 g/mol. The Morgan fingerprint density at radius 3 is 1.75 bits per heavy atom. The largest absolute Gasteiger partial charge is 0.356 e. The molecule has 0 atom stereocenters. The zero-order valence-corrected chi connectivity index (χ0v) is 19.6. The predicted octanol–water partition coefficient (Wildman–Crippen LogP) is 3.77. The summed E-state index contributed by atoms with van der Waals surface area (Å²) < 4.78 is 25.1. The number of benzene rings is 2. The Bertz CT molecular complexity index is 1230. The quantitative estimate of drug-likeness (QED) is 0.330. The first-order valence-electron chi connectivity index (χ1n) is 9.96. The number of hydrogen-bond donors (Lipinski definition) is 2. The first kappa shape index (κ1) is 22.3. The van der Waals surface area contributed by atoms with E-state index < -0.39 is 9.84 Å². The number of anilines is 2. The number of aromatic nitrogens is 4. The van der Waals surface area contributed by atoms with E-state index in [4.69, 9.17) is 0 Å². The molecular weight excluding hydrogens is 464 g/mol. The summed E-state index contributed by atoms with van der Waals surface area (Å²) >= 11 is 2.64. The van der Waals surface area contributed by atoms with E-state index in [0.717, 1.165) is 11.1 Å². The molecule has 0 fully saturated rings. The van der Waals surface area contributed by atoms with Crippen LogP contribution in [0, 0.1) is 0 Å². The molecule has 2 heterocycles. The lowest BCUT2D eigenvalue weighted by atomic mass is 10.2. The lowest BCUT2D eigenvalue weighted by Crippen LogP contribution is -2.11.